The first kappa shape index (κ1) is 30.6. The Hall–Kier alpha value is -3.90. The molecule has 2 heterocycles. The molecular formula is C27H39N7O6. The topological polar surface area (TPSA) is 180 Å². The van der Waals surface area contributed by atoms with Gasteiger partial charge in [-0.15, -0.1) is 0 Å². The summed E-state index contributed by atoms with van der Waals surface area (Å²) in [6, 6.07) is -1.81. The highest BCUT2D eigenvalue weighted by molar-refractivity contribution is 6.37. The van der Waals surface area contributed by atoms with Crippen LogP contribution >= 0.6 is 0 Å². The number of hydrogen-bond donors (Lipinski definition) is 4. The maximum absolute atomic E-state index is 13.8. The van der Waals surface area contributed by atoms with Gasteiger partial charge in [0.25, 0.3) is 11.8 Å². The average molecular weight is 558 g/mol. The molecule has 3 unspecified atom stereocenters. The third-order valence-corrected chi connectivity index (χ3v) is 6.88. The van der Waals surface area contributed by atoms with Gasteiger partial charge in [0, 0.05) is 25.0 Å². The highest BCUT2D eigenvalue weighted by atomic mass is 16.2. The summed E-state index contributed by atoms with van der Waals surface area (Å²) in [7, 11) is 0. The molecule has 2 aliphatic rings. The molecule has 0 bridgehead atoms. The monoisotopic (exact) mass is 557 g/mol. The van der Waals surface area contributed by atoms with Gasteiger partial charge in [-0.2, -0.15) is 0 Å². The van der Waals surface area contributed by atoms with Gasteiger partial charge in [-0.1, -0.05) is 34.1 Å². The number of nitrogens with one attached hydrogen (secondary N) is 4. The van der Waals surface area contributed by atoms with E-state index < -0.39 is 59.4 Å². The lowest BCUT2D eigenvalue weighted by Gasteiger charge is -2.35. The van der Waals surface area contributed by atoms with Crippen LogP contribution in [0.3, 0.4) is 0 Å². The fourth-order valence-electron chi connectivity index (χ4n) is 4.59. The fraction of sp³-hybridized carbons (Fsp3) is 0.630. The fourth-order valence-corrected chi connectivity index (χ4v) is 4.59. The second-order valence-electron chi connectivity index (χ2n) is 11.4. The molecule has 4 N–H and O–H groups in total. The van der Waals surface area contributed by atoms with Crippen LogP contribution in [0.4, 0.5) is 0 Å². The van der Waals surface area contributed by atoms with Crippen molar-refractivity contribution in [3.05, 3.63) is 24.3 Å². The van der Waals surface area contributed by atoms with E-state index in [2.05, 4.69) is 31.2 Å². The first-order valence-electron chi connectivity index (χ1n) is 13.7. The molecule has 2 fully saturated rings. The maximum atomic E-state index is 13.8. The van der Waals surface area contributed by atoms with Gasteiger partial charge in [0.2, 0.25) is 23.5 Å². The largest absolute Gasteiger partial charge is 0.347 e. The third-order valence-electron chi connectivity index (χ3n) is 6.88. The van der Waals surface area contributed by atoms with E-state index in [1.54, 1.807) is 20.8 Å². The lowest BCUT2D eigenvalue weighted by molar-refractivity contribution is -0.144. The molecule has 218 valence electrons. The van der Waals surface area contributed by atoms with Crippen LogP contribution in [0.15, 0.2) is 18.6 Å². The minimum atomic E-state index is -0.991. The molecule has 13 heteroatoms. The van der Waals surface area contributed by atoms with Crippen LogP contribution in [0.5, 0.6) is 0 Å². The first-order valence-corrected chi connectivity index (χ1v) is 13.7. The summed E-state index contributed by atoms with van der Waals surface area (Å²) in [4.78, 5) is 85.3. The molecule has 0 spiro atoms. The summed E-state index contributed by atoms with van der Waals surface area (Å²) < 4.78 is 0. The van der Waals surface area contributed by atoms with Crippen LogP contribution in [0.1, 0.15) is 70.3 Å². The minimum Gasteiger partial charge on any atom is -0.347 e. The zero-order chi connectivity index (χ0) is 29.4. The molecule has 3 atom stereocenters. The van der Waals surface area contributed by atoms with Crippen molar-refractivity contribution in [2.45, 2.75) is 77.9 Å². The standard InChI is InChI=1S/C27H39N7O6/c1-5-6-16-11-19(24(38)30-13-20(35)25(39)32-17-7-8-17)34(15-16)26(40)22(27(2,3)4)33-21(36)14-31-23(37)18-12-28-9-10-29-18/h9-10,12,16-17,19,22H,5-8,11,13-15H2,1-4H3,(H,30,38)(H,31,37)(H,32,39)(H,33,36). The molecule has 40 heavy (non-hydrogen) atoms. The molecule has 0 radical (unpaired) electrons. The number of likely N-dealkylation sites (tertiary alicyclic amines) is 1. The van der Waals surface area contributed by atoms with E-state index in [1.165, 1.54) is 23.5 Å². The van der Waals surface area contributed by atoms with E-state index in [4.69, 9.17) is 0 Å². The van der Waals surface area contributed by atoms with Crippen molar-refractivity contribution in [1.29, 1.82) is 0 Å². The number of ketones is 1. The Morgan fingerprint density at radius 1 is 1.05 bits per heavy atom. The van der Waals surface area contributed by atoms with Crippen molar-refractivity contribution in [1.82, 2.24) is 36.1 Å². The van der Waals surface area contributed by atoms with Gasteiger partial charge in [0.05, 0.1) is 19.3 Å². The zero-order valence-electron chi connectivity index (χ0n) is 23.5. The molecule has 0 aromatic carbocycles. The second-order valence-corrected chi connectivity index (χ2v) is 11.4. The van der Waals surface area contributed by atoms with Crippen LogP contribution in [-0.4, -0.2) is 87.9 Å². The van der Waals surface area contributed by atoms with Crippen molar-refractivity contribution >= 4 is 35.3 Å². The van der Waals surface area contributed by atoms with Crippen molar-refractivity contribution < 1.29 is 28.8 Å². The molecule has 1 aromatic heterocycles. The van der Waals surface area contributed by atoms with E-state index >= 15 is 0 Å². The van der Waals surface area contributed by atoms with E-state index in [1.807, 2.05) is 6.92 Å². The highest BCUT2D eigenvalue weighted by Gasteiger charge is 2.44. The van der Waals surface area contributed by atoms with Gasteiger partial charge in [-0.05, 0) is 37.0 Å². The predicted octanol–water partition coefficient (Wildman–Crippen LogP) is -0.282. The van der Waals surface area contributed by atoms with Crippen molar-refractivity contribution in [2.75, 3.05) is 19.6 Å². The van der Waals surface area contributed by atoms with Gasteiger partial charge in [-0.25, -0.2) is 4.98 Å². The van der Waals surface area contributed by atoms with Gasteiger partial charge >= 0.3 is 0 Å². The summed E-state index contributed by atoms with van der Waals surface area (Å²) in [6.45, 7) is 6.87. The predicted molar refractivity (Wildman–Crippen MR) is 143 cm³/mol. The number of rotatable bonds is 12. The van der Waals surface area contributed by atoms with E-state index in [0.29, 0.717) is 13.0 Å². The van der Waals surface area contributed by atoms with Crippen molar-refractivity contribution in [2.24, 2.45) is 11.3 Å². The Kier molecular flexibility index (Phi) is 10.3. The summed E-state index contributed by atoms with van der Waals surface area (Å²) in [5.74, 6) is -3.52. The molecule has 1 saturated heterocycles. The van der Waals surface area contributed by atoms with E-state index in [0.717, 1.165) is 25.7 Å². The molecule has 1 saturated carbocycles. The third kappa shape index (κ3) is 8.55. The number of hydrogen-bond acceptors (Lipinski definition) is 8. The SMILES string of the molecule is CCCC1CC(C(=O)NCC(=O)C(=O)NC2CC2)N(C(=O)C(NC(=O)CNC(=O)c2cnccn2)C(C)(C)C)C1. The van der Waals surface area contributed by atoms with Crippen LogP contribution in [0.25, 0.3) is 0 Å². The van der Waals surface area contributed by atoms with Crippen molar-refractivity contribution in [3.63, 3.8) is 0 Å². The number of carbonyl (C=O) groups excluding carboxylic acids is 6. The lowest BCUT2D eigenvalue weighted by atomic mass is 9.85. The molecule has 13 nitrogen and oxygen atoms in total. The van der Waals surface area contributed by atoms with Crippen LogP contribution in [0.2, 0.25) is 0 Å². The molecule has 5 amide bonds. The van der Waals surface area contributed by atoms with Gasteiger partial charge in [-0.3, -0.25) is 33.8 Å². The Bertz CT molecular complexity index is 1120. The quantitative estimate of drug-likeness (QED) is 0.253. The zero-order valence-corrected chi connectivity index (χ0v) is 23.5. The Morgan fingerprint density at radius 3 is 2.38 bits per heavy atom. The van der Waals surface area contributed by atoms with Gasteiger partial charge in [0.15, 0.2) is 0 Å². The summed E-state index contributed by atoms with van der Waals surface area (Å²) >= 11 is 0. The summed E-state index contributed by atoms with van der Waals surface area (Å²) in [6.07, 6.45) is 7.80. The number of carbonyl (C=O) groups is 6. The Morgan fingerprint density at radius 2 is 1.77 bits per heavy atom. The van der Waals surface area contributed by atoms with Gasteiger partial charge in [0.1, 0.15) is 17.8 Å². The van der Waals surface area contributed by atoms with Crippen LogP contribution in [-0.2, 0) is 24.0 Å². The lowest BCUT2D eigenvalue weighted by Crippen LogP contribution is -2.59. The number of amides is 5. The maximum Gasteiger partial charge on any atom is 0.289 e. The van der Waals surface area contributed by atoms with Crippen LogP contribution < -0.4 is 21.3 Å². The summed E-state index contributed by atoms with van der Waals surface area (Å²) in [5.41, 5.74) is -0.669. The van der Waals surface area contributed by atoms with E-state index in [-0.39, 0.29) is 24.2 Å². The van der Waals surface area contributed by atoms with E-state index in [9.17, 15) is 28.8 Å². The normalized spacial score (nSPS) is 19.4. The second kappa shape index (κ2) is 13.4. The molecule has 3 rings (SSSR count). The first-order chi connectivity index (χ1) is 18.9. The average Bonchev–Trinajstić information content (AvgIpc) is 3.63. The minimum absolute atomic E-state index is 0.0229. The highest BCUT2D eigenvalue weighted by Crippen LogP contribution is 2.30. The number of nitrogens with zero attached hydrogens (tertiary/aromatic N) is 3. The molecule has 1 aliphatic heterocycles. The van der Waals surface area contributed by atoms with Crippen molar-refractivity contribution in [3.8, 4) is 0 Å². The Balaban J connectivity index is 1.65. The molecule has 1 aliphatic carbocycles. The molecular weight excluding hydrogens is 518 g/mol. The van der Waals surface area contributed by atoms with Gasteiger partial charge < -0.3 is 26.2 Å². The number of Topliss-reactive ketones (excluding diaryl/α,β-unsaturated/α-hetero) is 1. The Labute approximate surface area is 233 Å². The summed E-state index contributed by atoms with van der Waals surface area (Å²) in [5, 5.41) is 10.3. The number of aromatic nitrogens is 2. The molecule has 1 aromatic rings. The smallest absolute Gasteiger partial charge is 0.289 e. The van der Waals surface area contributed by atoms with Crippen LogP contribution in [0, 0.1) is 11.3 Å².